The normalized spacial score (nSPS) is 10.9. The number of pyridine rings is 1. The topological polar surface area (TPSA) is 46.4 Å². The first-order valence-corrected chi connectivity index (χ1v) is 7.99. The number of amides is 1. The van der Waals surface area contributed by atoms with Crippen LogP contribution < -0.4 is 5.32 Å². The Kier molecular flexibility index (Phi) is 4.18. The summed E-state index contributed by atoms with van der Waals surface area (Å²) in [6.45, 7) is 1.97. The van der Waals surface area contributed by atoms with Gasteiger partial charge in [-0.05, 0) is 42.8 Å². The van der Waals surface area contributed by atoms with Crippen molar-refractivity contribution in [1.82, 2.24) is 9.38 Å². The van der Waals surface area contributed by atoms with E-state index in [1.807, 2.05) is 31.2 Å². The SMILES string of the molecule is CCc1nc2ccc(Cl)cn2c1C(=O)Nc1ccc(Br)cc1. The average Bonchev–Trinajstić information content (AvgIpc) is 2.87. The summed E-state index contributed by atoms with van der Waals surface area (Å²) in [4.78, 5) is 17.1. The average molecular weight is 379 g/mol. The lowest BCUT2D eigenvalue weighted by atomic mass is 10.2. The highest BCUT2D eigenvalue weighted by molar-refractivity contribution is 9.10. The largest absolute Gasteiger partial charge is 0.321 e. The standard InChI is InChI=1S/C16H13BrClN3O/c1-2-13-15(21-9-11(18)5-8-14(21)20-13)16(22)19-12-6-3-10(17)4-7-12/h3-9H,2H2,1H3,(H,19,22). The van der Waals surface area contributed by atoms with Crippen LogP contribution in [0, 0.1) is 0 Å². The van der Waals surface area contributed by atoms with Crippen LogP contribution >= 0.6 is 27.5 Å². The molecule has 2 aromatic heterocycles. The molecule has 0 saturated heterocycles. The molecule has 6 heteroatoms. The monoisotopic (exact) mass is 377 g/mol. The number of imidazole rings is 1. The Hall–Kier alpha value is -1.85. The zero-order chi connectivity index (χ0) is 15.7. The summed E-state index contributed by atoms with van der Waals surface area (Å²) in [7, 11) is 0. The van der Waals surface area contributed by atoms with Crippen LogP contribution in [0.25, 0.3) is 5.65 Å². The van der Waals surface area contributed by atoms with Gasteiger partial charge < -0.3 is 5.32 Å². The first-order valence-electron chi connectivity index (χ1n) is 6.82. The van der Waals surface area contributed by atoms with Gasteiger partial charge in [0.05, 0.1) is 10.7 Å². The predicted octanol–water partition coefficient (Wildman–Crippen LogP) is 4.56. The maximum absolute atomic E-state index is 12.6. The second-order valence-corrected chi connectivity index (χ2v) is 6.15. The summed E-state index contributed by atoms with van der Waals surface area (Å²) >= 11 is 9.41. The maximum Gasteiger partial charge on any atom is 0.274 e. The fourth-order valence-corrected chi connectivity index (χ4v) is 2.70. The van der Waals surface area contributed by atoms with E-state index in [9.17, 15) is 4.79 Å². The van der Waals surface area contributed by atoms with Crippen molar-refractivity contribution >= 4 is 44.8 Å². The Morgan fingerprint density at radius 3 is 2.68 bits per heavy atom. The van der Waals surface area contributed by atoms with E-state index in [2.05, 4.69) is 26.2 Å². The molecule has 0 radical (unpaired) electrons. The molecule has 0 spiro atoms. The van der Waals surface area contributed by atoms with Gasteiger partial charge >= 0.3 is 0 Å². The van der Waals surface area contributed by atoms with Crippen molar-refractivity contribution in [2.45, 2.75) is 13.3 Å². The molecule has 0 bridgehead atoms. The number of halogens is 2. The third-order valence-electron chi connectivity index (χ3n) is 3.31. The Labute approximate surface area is 141 Å². The molecule has 0 aliphatic carbocycles. The van der Waals surface area contributed by atoms with Crippen LogP contribution in [0.3, 0.4) is 0 Å². The molecule has 1 amide bonds. The second kappa shape index (κ2) is 6.10. The van der Waals surface area contributed by atoms with Crippen molar-refractivity contribution in [1.29, 1.82) is 0 Å². The summed E-state index contributed by atoms with van der Waals surface area (Å²) in [6.07, 6.45) is 2.38. The van der Waals surface area contributed by atoms with Crippen LogP contribution in [0.5, 0.6) is 0 Å². The van der Waals surface area contributed by atoms with Gasteiger partial charge in [0.25, 0.3) is 5.91 Å². The quantitative estimate of drug-likeness (QED) is 0.726. The molecular formula is C16H13BrClN3O. The number of aromatic nitrogens is 2. The number of rotatable bonds is 3. The van der Waals surface area contributed by atoms with E-state index in [1.165, 1.54) is 0 Å². The molecule has 1 N–H and O–H groups in total. The van der Waals surface area contributed by atoms with Gasteiger partial charge in [0.15, 0.2) is 0 Å². The van der Waals surface area contributed by atoms with Crippen LogP contribution in [0.2, 0.25) is 5.02 Å². The summed E-state index contributed by atoms with van der Waals surface area (Å²) in [6, 6.07) is 11.0. The molecule has 0 saturated carbocycles. The molecule has 112 valence electrons. The lowest BCUT2D eigenvalue weighted by Gasteiger charge is -2.07. The number of aryl methyl sites for hydroxylation is 1. The van der Waals surface area contributed by atoms with Gasteiger partial charge in [0.1, 0.15) is 11.3 Å². The minimum Gasteiger partial charge on any atom is -0.321 e. The number of nitrogens with zero attached hydrogens (tertiary/aromatic N) is 2. The highest BCUT2D eigenvalue weighted by atomic mass is 79.9. The molecule has 0 aliphatic heterocycles. The minimum atomic E-state index is -0.200. The summed E-state index contributed by atoms with van der Waals surface area (Å²) in [5, 5.41) is 3.45. The molecule has 0 fully saturated rings. The summed E-state index contributed by atoms with van der Waals surface area (Å²) in [5.41, 5.74) is 2.70. The molecule has 4 nitrogen and oxygen atoms in total. The first-order chi connectivity index (χ1) is 10.6. The molecule has 1 aromatic carbocycles. The molecule has 0 atom stereocenters. The van der Waals surface area contributed by atoms with Crippen LogP contribution in [0.1, 0.15) is 23.1 Å². The van der Waals surface area contributed by atoms with E-state index >= 15 is 0 Å². The van der Waals surface area contributed by atoms with Crippen molar-refractivity contribution < 1.29 is 4.79 Å². The molecule has 0 unspecified atom stereocenters. The van der Waals surface area contributed by atoms with Gasteiger partial charge in [-0.3, -0.25) is 9.20 Å². The number of carbonyl (C=O) groups is 1. The molecule has 22 heavy (non-hydrogen) atoms. The zero-order valence-corrected chi connectivity index (χ0v) is 14.1. The van der Waals surface area contributed by atoms with E-state index in [4.69, 9.17) is 11.6 Å². The van der Waals surface area contributed by atoms with E-state index < -0.39 is 0 Å². The van der Waals surface area contributed by atoms with E-state index in [1.54, 1.807) is 22.7 Å². The number of hydrogen-bond acceptors (Lipinski definition) is 2. The van der Waals surface area contributed by atoms with Gasteiger partial charge in [-0.1, -0.05) is 34.5 Å². The third kappa shape index (κ3) is 2.87. The Morgan fingerprint density at radius 1 is 1.27 bits per heavy atom. The van der Waals surface area contributed by atoms with Gasteiger partial charge in [0.2, 0.25) is 0 Å². The molecule has 3 aromatic rings. The number of carbonyl (C=O) groups excluding carboxylic acids is 1. The number of fused-ring (bicyclic) bond motifs is 1. The Bertz CT molecular complexity index is 842. The lowest BCUT2D eigenvalue weighted by molar-refractivity contribution is 0.102. The van der Waals surface area contributed by atoms with Crippen molar-refractivity contribution in [3.05, 3.63) is 63.5 Å². The van der Waals surface area contributed by atoms with Crippen LogP contribution in [0.15, 0.2) is 47.1 Å². The third-order valence-corrected chi connectivity index (χ3v) is 4.06. The van der Waals surface area contributed by atoms with Gasteiger partial charge in [-0.15, -0.1) is 0 Å². The second-order valence-electron chi connectivity index (χ2n) is 4.80. The predicted molar refractivity (Wildman–Crippen MR) is 91.7 cm³/mol. The number of benzene rings is 1. The molecule has 2 heterocycles. The van der Waals surface area contributed by atoms with Crippen LogP contribution in [0.4, 0.5) is 5.69 Å². The summed E-state index contributed by atoms with van der Waals surface area (Å²) in [5.74, 6) is -0.200. The Balaban J connectivity index is 2.02. The fraction of sp³-hybridized carbons (Fsp3) is 0.125. The number of anilines is 1. The summed E-state index contributed by atoms with van der Waals surface area (Å²) < 4.78 is 2.69. The van der Waals surface area contributed by atoms with Crippen molar-refractivity contribution in [2.24, 2.45) is 0 Å². The lowest BCUT2D eigenvalue weighted by Crippen LogP contribution is -2.16. The van der Waals surface area contributed by atoms with Gasteiger partial charge in [-0.2, -0.15) is 0 Å². The number of nitrogens with one attached hydrogen (secondary N) is 1. The van der Waals surface area contributed by atoms with Crippen molar-refractivity contribution in [2.75, 3.05) is 5.32 Å². The minimum absolute atomic E-state index is 0.200. The molecule has 0 aliphatic rings. The van der Waals surface area contributed by atoms with Crippen molar-refractivity contribution in [3.63, 3.8) is 0 Å². The highest BCUT2D eigenvalue weighted by Gasteiger charge is 2.18. The fourth-order valence-electron chi connectivity index (χ4n) is 2.28. The van der Waals surface area contributed by atoms with Crippen LogP contribution in [-0.2, 0) is 6.42 Å². The van der Waals surface area contributed by atoms with E-state index in [0.29, 0.717) is 22.8 Å². The van der Waals surface area contributed by atoms with Gasteiger partial charge in [0, 0.05) is 16.4 Å². The van der Waals surface area contributed by atoms with E-state index in [-0.39, 0.29) is 5.91 Å². The molecule has 3 rings (SSSR count). The first kappa shape index (κ1) is 15.1. The smallest absolute Gasteiger partial charge is 0.274 e. The highest BCUT2D eigenvalue weighted by Crippen LogP contribution is 2.20. The Morgan fingerprint density at radius 2 is 2.00 bits per heavy atom. The van der Waals surface area contributed by atoms with Gasteiger partial charge in [-0.25, -0.2) is 4.98 Å². The number of hydrogen-bond donors (Lipinski definition) is 1. The zero-order valence-electron chi connectivity index (χ0n) is 11.8. The molecular weight excluding hydrogens is 366 g/mol. The van der Waals surface area contributed by atoms with E-state index in [0.717, 1.165) is 15.9 Å². The van der Waals surface area contributed by atoms with Crippen molar-refractivity contribution in [3.8, 4) is 0 Å². The van der Waals surface area contributed by atoms with Crippen LogP contribution in [-0.4, -0.2) is 15.3 Å². The maximum atomic E-state index is 12.6.